The molecule has 0 aliphatic carbocycles. The molecule has 104 valence electrons. The third-order valence-corrected chi connectivity index (χ3v) is 5.00. The Kier molecular flexibility index (Phi) is 4.13. The normalized spacial score (nSPS) is 11.1. The van der Waals surface area contributed by atoms with E-state index in [-0.39, 0.29) is 0 Å². The fraction of sp³-hybridized carbons (Fsp3) is 0.250. The average Bonchev–Trinajstić information content (AvgIpc) is 3.11. The van der Waals surface area contributed by atoms with Crippen LogP contribution in [0.25, 0.3) is 10.7 Å². The molecule has 0 saturated heterocycles. The number of nitrogens with two attached hydrogens (primary N) is 1. The highest BCUT2D eigenvalue weighted by atomic mass is 79.9. The molecule has 0 aliphatic rings. The van der Waals surface area contributed by atoms with E-state index in [1.807, 2.05) is 17.5 Å². The van der Waals surface area contributed by atoms with Crippen molar-refractivity contribution >= 4 is 43.7 Å². The molecule has 0 spiro atoms. The van der Waals surface area contributed by atoms with E-state index in [0.717, 1.165) is 33.6 Å². The van der Waals surface area contributed by atoms with Crippen LogP contribution in [-0.2, 0) is 12.8 Å². The molecule has 8 heteroatoms. The lowest BCUT2D eigenvalue weighted by Crippen LogP contribution is -1.91. The van der Waals surface area contributed by atoms with Gasteiger partial charge in [0.15, 0.2) is 5.13 Å². The van der Waals surface area contributed by atoms with E-state index >= 15 is 0 Å². The summed E-state index contributed by atoms with van der Waals surface area (Å²) in [5, 5.41) is 6.60. The lowest BCUT2D eigenvalue weighted by atomic mass is 10.2. The molecule has 3 aromatic heterocycles. The molecule has 3 rings (SSSR count). The Labute approximate surface area is 132 Å². The first-order chi connectivity index (χ1) is 9.70. The smallest absolute Gasteiger partial charge is 0.226 e. The first-order valence-corrected chi connectivity index (χ1v) is 8.48. The van der Waals surface area contributed by atoms with Gasteiger partial charge >= 0.3 is 0 Å². The molecular weight excluding hydrogens is 360 g/mol. The number of thiophene rings is 1. The molecular formula is C12H11BrN4OS2. The summed E-state index contributed by atoms with van der Waals surface area (Å²) in [6.07, 6.45) is 2.53. The maximum absolute atomic E-state index is 5.60. The minimum Gasteiger partial charge on any atom is -0.375 e. The van der Waals surface area contributed by atoms with Crippen LogP contribution in [-0.4, -0.2) is 15.1 Å². The second-order valence-corrected chi connectivity index (χ2v) is 7.50. The van der Waals surface area contributed by atoms with Crippen molar-refractivity contribution < 1.29 is 4.52 Å². The number of anilines is 1. The standard InChI is InChI=1S/C12H11BrN4OS2/c13-9-5-4-8(20-9)11-16-10(18-17-11)3-1-2-7-6-19-12(14)15-7/h4-6H,1-3H2,(H2,14,15). The second-order valence-electron chi connectivity index (χ2n) is 4.15. The van der Waals surface area contributed by atoms with E-state index in [1.165, 1.54) is 11.3 Å². The summed E-state index contributed by atoms with van der Waals surface area (Å²) in [5.41, 5.74) is 6.62. The van der Waals surface area contributed by atoms with Crippen molar-refractivity contribution in [2.45, 2.75) is 19.3 Å². The molecule has 0 aromatic carbocycles. The molecule has 3 aromatic rings. The van der Waals surface area contributed by atoms with Gasteiger partial charge in [-0.25, -0.2) is 4.98 Å². The lowest BCUT2D eigenvalue weighted by molar-refractivity contribution is 0.376. The first kappa shape index (κ1) is 13.7. The second kappa shape index (κ2) is 6.02. The van der Waals surface area contributed by atoms with E-state index in [0.29, 0.717) is 16.8 Å². The topological polar surface area (TPSA) is 77.8 Å². The fourth-order valence-electron chi connectivity index (χ4n) is 1.75. The number of halogens is 1. The van der Waals surface area contributed by atoms with E-state index in [1.54, 1.807) is 11.3 Å². The predicted molar refractivity (Wildman–Crippen MR) is 83.9 cm³/mol. The third kappa shape index (κ3) is 3.25. The Hall–Kier alpha value is -1.25. The fourth-order valence-corrected chi connectivity index (χ4v) is 3.66. The molecule has 0 saturated carbocycles. The highest BCUT2D eigenvalue weighted by Gasteiger charge is 2.10. The Morgan fingerprint density at radius 3 is 2.85 bits per heavy atom. The van der Waals surface area contributed by atoms with Crippen LogP contribution in [0.2, 0.25) is 0 Å². The van der Waals surface area contributed by atoms with Crippen molar-refractivity contribution in [1.82, 2.24) is 15.1 Å². The largest absolute Gasteiger partial charge is 0.375 e. The summed E-state index contributed by atoms with van der Waals surface area (Å²) in [6, 6.07) is 3.95. The summed E-state index contributed by atoms with van der Waals surface area (Å²) in [7, 11) is 0. The number of hydrogen-bond donors (Lipinski definition) is 1. The van der Waals surface area contributed by atoms with Crippen LogP contribution in [0.15, 0.2) is 25.8 Å². The van der Waals surface area contributed by atoms with Crippen LogP contribution in [0.3, 0.4) is 0 Å². The van der Waals surface area contributed by atoms with Gasteiger partial charge in [0.05, 0.1) is 14.4 Å². The molecule has 0 bridgehead atoms. The van der Waals surface area contributed by atoms with Gasteiger partial charge in [-0.3, -0.25) is 0 Å². The number of hydrogen-bond acceptors (Lipinski definition) is 7. The summed E-state index contributed by atoms with van der Waals surface area (Å²) in [6.45, 7) is 0. The minimum atomic E-state index is 0.614. The van der Waals surface area contributed by atoms with Crippen molar-refractivity contribution in [3.8, 4) is 10.7 Å². The summed E-state index contributed by atoms with van der Waals surface area (Å²) >= 11 is 6.48. The van der Waals surface area contributed by atoms with Crippen molar-refractivity contribution in [2.24, 2.45) is 0 Å². The monoisotopic (exact) mass is 370 g/mol. The van der Waals surface area contributed by atoms with E-state index in [2.05, 4.69) is 31.1 Å². The molecule has 20 heavy (non-hydrogen) atoms. The Bertz CT molecular complexity index is 706. The number of rotatable bonds is 5. The van der Waals surface area contributed by atoms with Gasteiger partial charge in [0.1, 0.15) is 0 Å². The van der Waals surface area contributed by atoms with E-state index in [4.69, 9.17) is 10.3 Å². The van der Waals surface area contributed by atoms with Gasteiger partial charge in [-0.05, 0) is 40.9 Å². The summed E-state index contributed by atoms with van der Waals surface area (Å²) in [4.78, 5) is 9.62. The zero-order chi connectivity index (χ0) is 13.9. The van der Waals surface area contributed by atoms with Crippen molar-refractivity contribution in [1.29, 1.82) is 0 Å². The number of aryl methyl sites for hydroxylation is 2. The van der Waals surface area contributed by atoms with Crippen molar-refractivity contribution in [3.05, 3.63) is 32.9 Å². The number of thiazole rings is 1. The molecule has 0 fully saturated rings. The van der Waals surface area contributed by atoms with Crippen LogP contribution >= 0.6 is 38.6 Å². The van der Waals surface area contributed by atoms with Crippen LogP contribution < -0.4 is 5.73 Å². The van der Waals surface area contributed by atoms with E-state index in [9.17, 15) is 0 Å². The highest BCUT2D eigenvalue weighted by molar-refractivity contribution is 9.11. The van der Waals surface area contributed by atoms with Gasteiger partial charge in [-0.2, -0.15) is 4.98 Å². The van der Waals surface area contributed by atoms with Gasteiger partial charge in [-0.15, -0.1) is 22.7 Å². The Balaban J connectivity index is 1.57. The van der Waals surface area contributed by atoms with Gasteiger partial charge in [-0.1, -0.05) is 5.16 Å². The third-order valence-electron chi connectivity index (χ3n) is 2.65. The molecule has 0 atom stereocenters. The van der Waals surface area contributed by atoms with Gasteiger partial charge in [0, 0.05) is 11.8 Å². The first-order valence-electron chi connectivity index (χ1n) is 5.99. The molecule has 0 radical (unpaired) electrons. The zero-order valence-corrected chi connectivity index (χ0v) is 13.6. The van der Waals surface area contributed by atoms with Crippen LogP contribution in [0.1, 0.15) is 18.0 Å². The SMILES string of the molecule is Nc1nc(CCCc2nc(-c3ccc(Br)s3)no2)cs1. The van der Waals surface area contributed by atoms with Crippen LogP contribution in [0.5, 0.6) is 0 Å². The summed E-state index contributed by atoms with van der Waals surface area (Å²) in [5.74, 6) is 1.31. The highest BCUT2D eigenvalue weighted by Crippen LogP contribution is 2.29. The lowest BCUT2D eigenvalue weighted by Gasteiger charge is -1.93. The van der Waals surface area contributed by atoms with Crippen LogP contribution in [0.4, 0.5) is 5.13 Å². The van der Waals surface area contributed by atoms with Gasteiger partial charge in [0.25, 0.3) is 0 Å². The van der Waals surface area contributed by atoms with Crippen LogP contribution in [0, 0.1) is 0 Å². The zero-order valence-electron chi connectivity index (χ0n) is 10.4. The molecule has 2 N–H and O–H groups in total. The number of nitrogen functional groups attached to an aromatic ring is 1. The quantitative estimate of drug-likeness (QED) is 0.739. The molecule has 0 unspecified atom stereocenters. The Morgan fingerprint density at radius 2 is 2.15 bits per heavy atom. The van der Waals surface area contributed by atoms with Crippen molar-refractivity contribution in [3.63, 3.8) is 0 Å². The maximum Gasteiger partial charge on any atom is 0.226 e. The maximum atomic E-state index is 5.60. The molecule has 0 amide bonds. The molecule has 3 heterocycles. The van der Waals surface area contributed by atoms with E-state index < -0.39 is 0 Å². The molecule has 5 nitrogen and oxygen atoms in total. The predicted octanol–water partition coefficient (Wildman–Crippen LogP) is 3.77. The molecule has 0 aliphatic heterocycles. The Morgan fingerprint density at radius 1 is 1.25 bits per heavy atom. The summed E-state index contributed by atoms with van der Waals surface area (Å²) < 4.78 is 6.31. The van der Waals surface area contributed by atoms with Crippen molar-refractivity contribution in [2.75, 3.05) is 5.73 Å². The van der Waals surface area contributed by atoms with Gasteiger partial charge in [0.2, 0.25) is 11.7 Å². The minimum absolute atomic E-state index is 0.614. The number of nitrogens with zero attached hydrogens (tertiary/aromatic N) is 3. The van der Waals surface area contributed by atoms with Gasteiger partial charge < -0.3 is 10.3 Å². The number of aromatic nitrogens is 3. The average molecular weight is 371 g/mol.